The topological polar surface area (TPSA) is 3.24 Å². The van der Waals surface area contributed by atoms with Crippen LogP contribution in [0, 0.1) is 5.92 Å². The van der Waals surface area contributed by atoms with E-state index in [-0.39, 0.29) is 0 Å². The van der Waals surface area contributed by atoms with Crippen LogP contribution in [0.5, 0.6) is 0 Å². The molecule has 3 unspecified atom stereocenters. The summed E-state index contributed by atoms with van der Waals surface area (Å²) in [6.45, 7) is 7.40. The van der Waals surface area contributed by atoms with Crippen LogP contribution in [0.2, 0.25) is 0 Å². The van der Waals surface area contributed by atoms with Crippen molar-refractivity contribution in [2.45, 2.75) is 95.9 Å². The van der Waals surface area contributed by atoms with E-state index in [1.54, 1.807) is 5.56 Å². The molecule has 0 radical (unpaired) electrons. The molecular weight excluding hydrogens is 302 g/mol. The highest BCUT2D eigenvalue weighted by Gasteiger charge is 2.49. The minimum absolute atomic E-state index is 0.486. The average Bonchev–Trinajstić information content (AvgIpc) is 3.08. The van der Waals surface area contributed by atoms with Crippen molar-refractivity contribution in [2.24, 2.45) is 5.92 Å². The maximum atomic E-state index is 2.87. The normalized spacial score (nSPS) is 29.7. The van der Waals surface area contributed by atoms with Crippen molar-refractivity contribution in [1.29, 1.82) is 0 Å². The number of hydrogen-bond acceptors (Lipinski definition) is 1. The highest BCUT2D eigenvalue weighted by Crippen LogP contribution is 2.52. The van der Waals surface area contributed by atoms with E-state index in [9.17, 15) is 0 Å². The highest BCUT2D eigenvalue weighted by molar-refractivity contribution is 5.29. The van der Waals surface area contributed by atoms with E-state index in [1.165, 1.54) is 83.7 Å². The summed E-state index contributed by atoms with van der Waals surface area (Å²) < 4.78 is 0. The average molecular weight is 342 g/mol. The molecule has 25 heavy (non-hydrogen) atoms. The fourth-order valence-corrected chi connectivity index (χ4v) is 5.70. The second-order valence-electron chi connectivity index (χ2n) is 8.64. The van der Waals surface area contributed by atoms with Gasteiger partial charge in [-0.2, -0.15) is 0 Å². The van der Waals surface area contributed by atoms with Crippen molar-refractivity contribution >= 4 is 0 Å². The van der Waals surface area contributed by atoms with E-state index in [0.717, 1.165) is 12.0 Å². The van der Waals surface area contributed by atoms with Crippen LogP contribution in [-0.4, -0.2) is 24.0 Å². The smallest absolute Gasteiger partial charge is 0.0101 e. The van der Waals surface area contributed by atoms with Gasteiger partial charge in [-0.25, -0.2) is 0 Å². The standard InChI is InChI=1S/C24H39N/c1-3-5-6-7-8-12-18-25-20-22-16-13-17-24(22,19-23(25)4-2)21-14-10-9-11-15-21/h9-11,14-15,22-23H,3-8,12-13,16-20H2,1-2H3. The van der Waals surface area contributed by atoms with Gasteiger partial charge in [0.1, 0.15) is 0 Å². The number of piperidine rings is 1. The first-order valence-corrected chi connectivity index (χ1v) is 11.1. The maximum Gasteiger partial charge on any atom is 0.0101 e. The molecule has 1 aliphatic carbocycles. The largest absolute Gasteiger partial charge is 0.300 e. The molecule has 1 heterocycles. The first kappa shape index (κ1) is 19.0. The first-order chi connectivity index (χ1) is 12.3. The zero-order chi connectivity index (χ0) is 17.5. The minimum Gasteiger partial charge on any atom is -0.300 e. The molecule has 140 valence electrons. The summed E-state index contributed by atoms with van der Waals surface area (Å²) in [6.07, 6.45) is 15.5. The lowest BCUT2D eigenvalue weighted by Crippen LogP contribution is -2.52. The number of rotatable bonds is 9. The fourth-order valence-electron chi connectivity index (χ4n) is 5.70. The summed E-state index contributed by atoms with van der Waals surface area (Å²) in [5.74, 6) is 0.887. The van der Waals surface area contributed by atoms with Crippen LogP contribution < -0.4 is 0 Å². The monoisotopic (exact) mass is 341 g/mol. The third-order valence-electron chi connectivity index (χ3n) is 7.15. The molecule has 0 bridgehead atoms. The van der Waals surface area contributed by atoms with Crippen LogP contribution in [0.15, 0.2) is 30.3 Å². The van der Waals surface area contributed by atoms with Gasteiger partial charge in [0.25, 0.3) is 0 Å². The second kappa shape index (κ2) is 9.21. The molecule has 0 spiro atoms. The van der Waals surface area contributed by atoms with Gasteiger partial charge < -0.3 is 4.90 Å². The van der Waals surface area contributed by atoms with Gasteiger partial charge in [-0.1, -0.05) is 82.7 Å². The fraction of sp³-hybridized carbons (Fsp3) is 0.750. The van der Waals surface area contributed by atoms with Gasteiger partial charge in [-0.3, -0.25) is 0 Å². The summed E-state index contributed by atoms with van der Waals surface area (Å²) in [4.78, 5) is 2.87. The Bertz CT molecular complexity index is 496. The zero-order valence-corrected chi connectivity index (χ0v) is 16.7. The number of hydrogen-bond donors (Lipinski definition) is 0. The molecule has 1 aromatic rings. The van der Waals surface area contributed by atoms with Gasteiger partial charge in [0.15, 0.2) is 0 Å². The number of fused-ring (bicyclic) bond motifs is 1. The lowest BCUT2D eigenvalue weighted by molar-refractivity contribution is 0.0511. The van der Waals surface area contributed by atoms with Crippen molar-refractivity contribution in [3.8, 4) is 0 Å². The quantitative estimate of drug-likeness (QED) is 0.459. The molecule has 0 amide bonds. The summed E-state index contributed by atoms with van der Waals surface area (Å²) >= 11 is 0. The molecule has 1 nitrogen and oxygen atoms in total. The van der Waals surface area contributed by atoms with Crippen molar-refractivity contribution in [2.75, 3.05) is 13.1 Å². The number of likely N-dealkylation sites (tertiary alicyclic amines) is 1. The molecule has 1 saturated heterocycles. The van der Waals surface area contributed by atoms with Gasteiger partial charge in [0.05, 0.1) is 0 Å². The molecule has 2 aliphatic rings. The van der Waals surface area contributed by atoms with Gasteiger partial charge in [-0.15, -0.1) is 0 Å². The summed E-state index contributed by atoms with van der Waals surface area (Å²) in [5.41, 5.74) is 2.12. The third-order valence-corrected chi connectivity index (χ3v) is 7.15. The Balaban J connectivity index is 1.60. The van der Waals surface area contributed by atoms with E-state index < -0.39 is 0 Å². The van der Waals surface area contributed by atoms with Crippen molar-refractivity contribution in [3.05, 3.63) is 35.9 Å². The highest BCUT2D eigenvalue weighted by atomic mass is 15.2. The van der Waals surface area contributed by atoms with E-state index in [1.807, 2.05) is 0 Å². The van der Waals surface area contributed by atoms with Crippen LogP contribution in [0.25, 0.3) is 0 Å². The van der Waals surface area contributed by atoms with E-state index in [0.29, 0.717) is 5.41 Å². The van der Waals surface area contributed by atoms with Crippen LogP contribution >= 0.6 is 0 Å². The Morgan fingerprint density at radius 1 is 1.00 bits per heavy atom. The van der Waals surface area contributed by atoms with Crippen LogP contribution in [-0.2, 0) is 5.41 Å². The van der Waals surface area contributed by atoms with Gasteiger partial charge in [-0.05, 0) is 50.1 Å². The predicted octanol–water partition coefficient (Wildman–Crippen LogP) is 6.57. The molecule has 0 aromatic heterocycles. The van der Waals surface area contributed by atoms with Crippen molar-refractivity contribution < 1.29 is 0 Å². The number of unbranched alkanes of at least 4 members (excludes halogenated alkanes) is 5. The molecule has 1 heteroatoms. The Kier molecular flexibility index (Phi) is 6.99. The number of benzene rings is 1. The first-order valence-electron chi connectivity index (χ1n) is 11.1. The minimum atomic E-state index is 0.486. The lowest BCUT2D eigenvalue weighted by Gasteiger charge is -2.49. The summed E-state index contributed by atoms with van der Waals surface area (Å²) in [7, 11) is 0. The summed E-state index contributed by atoms with van der Waals surface area (Å²) in [5, 5.41) is 0. The van der Waals surface area contributed by atoms with Crippen molar-refractivity contribution in [1.82, 2.24) is 4.90 Å². The van der Waals surface area contributed by atoms with Gasteiger partial charge in [0.2, 0.25) is 0 Å². The Morgan fingerprint density at radius 3 is 2.52 bits per heavy atom. The second-order valence-corrected chi connectivity index (χ2v) is 8.64. The van der Waals surface area contributed by atoms with E-state index in [4.69, 9.17) is 0 Å². The Labute approximate surface area is 156 Å². The van der Waals surface area contributed by atoms with Crippen molar-refractivity contribution in [3.63, 3.8) is 0 Å². The Hall–Kier alpha value is -0.820. The number of nitrogens with zero attached hydrogens (tertiary/aromatic N) is 1. The van der Waals surface area contributed by atoms with Gasteiger partial charge in [0, 0.05) is 18.0 Å². The molecule has 1 aromatic carbocycles. The summed E-state index contributed by atoms with van der Waals surface area (Å²) in [6, 6.07) is 12.3. The van der Waals surface area contributed by atoms with E-state index in [2.05, 4.69) is 49.1 Å². The molecule has 2 fully saturated rings. The molecular formula is C24H39N. The maximum absolute atomic E-state index is 2.87. The predicted molar refractivity (Wildman–Crippen MR) is 109 cm³/mol. The van der Waals surface area contributed by atoms with Crippen LogP contribution in [0.3, 0.4) is 0 Å². The molecule has 3 rings (SSSR count). The molecule has 0 N–H and O–H groups in total. The van der Waals surface area contributed by atoms with E-state index >= 15 is 0 Å². The SMILES string of the molecule is CCCCCCCCN1CC2CCCC2(c2ccccc2)CC1CC. The van der Waals surface area contributed by atoms with Gasteiger partial charge >= 0.3 is 0 Å². The molecule has 3 atom stereocenters. The lowest BCUT2D eigenvalue weighted by atomic mass is 9.65. The van der Waals surface area contributed by atoms with Crippen LogP contribution in [0.1, 0.15) is 90.0 Å². The molecule has 1 aliphatic heterocycles. The molecule has 1 saturated carbocycles. The van der Waals surface area contributed by atoms with Crippen LogP contribution in [0.4, 0.5) is 0 Å². The third kappa shape index (κ3) is 4.30. The Morgan fingerprint density at radius 2 is 1.76 bits per heavy atom. The zero-order valence-electron chi connectivity index (χ0n) is 16.7.